The Morgan fingerprint density at radius 3 is 2.72 bits per heavy atom. The lowest BCUT2D eigenvalue weighted by Crippen LogP contribution is -2.31. The summed E-state index contributed by atoms with van der Waals surface area (Å²) in [5, 5.41) is 7.30. The number of benzene rings is 2. The number of carbonyl (C=O) groups excluding carboxylic acids is 1. The van der Waals surface area contributed by atoms with E-state index in [1.54, 1.807) is 42.3 Å². The predicted octanol–water partition coefficient (Wildman–Crippen LogP) is 3.89. The second-order valence-corrected chi connectivity index (χ2v) is 6.98. The average Bonchev–Trinajstić information content (AvgIpc) is 3.14. The Balaban J connectivity index is 1.48. The van der Waals surface area contributed by atoms with Crippen molar-refractivity contribution in [2.75, 3.05) is 0 Å². The van der Waals surface area contributed by atoms with E-state index >= 15 is 0 Å². The van der Waals surface area contributed by atoms with Crippen LogP contribution in [0.2, 0.25) is 0 Å². The number of nitrogens with zero attached hydrogens (tertiary/aromatic N) is 3. The minimum absolute atomic E-state index is 0.143. The maximum Gasteiger partial charge on any atom is 0.387 e. The molecule has 2 aromatic carbocycles. The van der Waals surface area contributed by atoms with Gasteiger partial charge in [0.1, 0.15) is 12.1 Å². The van der Waals surface area contributed by atoms with Crippen molar-refractivity contribution in [1.29, 1.82) is 0 Å². The van der Waals surface area contributed by atoms with Crippen LogP contribution in [0.5, 0.6) is 5.75 Å². The first-order chi connectivity index (χ1) is 14.0. The van der Waals surface area contributed by atoms with Crippen LogP contribution in [0.15, 0.2) is 48.8 Å². The van der Waals surface area contributed by atoms with Crippen LogP contribution in [0.25, 0.3) is 11.4 Å². The number of carbonyl (C=O) groups is 1. The maximum absolute atomic E-state index is 12.7. The molecule has 0 aliphatic heterocycles. The van der Waals surface area contributed by atoms with Gasteiger partial charge >= 0.3 is 6.61 Å². The molecule has 1 atom stereocenters. The Bertz CT molecular complexity index is 1020. The molecule has 3 aromatic rings. The molecule has 8 heteroatoms. The van der Waals surface area contributed by atoms with Gasteiger partial charge in [-0.3, -0.25) is 9.48 Å². The Morgan fingerprint density at radius 2 is 2.03 bits per heavy atom. The van der Waals surface area contributed by atoms with E-state index in [0.717, 1.165) is 36.0 Å². The molecule has 1 amide bonds. The molecule has 29 heavy (non-hydrogen) atoms. The van der Waals surface area contributed by atoms with Gasteiger partial charge in [-0.25, -0.2) is 4.98 Å². The van der Waals surface area contributed by atoms with Gasteiger partial charge in [0.05, 0.1) is 6.04 Å². The molecular formula is C21H20F2N4O2. The lowest BCUT2D eigenvalue weighted by atomic mass is 9.87. The van der Waals surface area contributed by atoms with Crippen LogP contribution in [-0.4, -0.2) is 27.3 Å². The quantitative estimate of drug-likeness (QED) is 0.708. The van der Waals surface area contributed by atoms with Gasteiger partial charge in [0.15, 0.2) is 5.82 Å². The molecule has 0 fully saturated rings. The van der Waals surface area contributed by atoms with E-state index in [1.165, 1.54) is 6.07 Å². The summed E-state index contributed by atoms with van der Waals surface area (Å²) in [6.07, 6.45) is 4.05. The second-order valence-electron chi connectivity index (χ2n) is 6.98. The van der Waals surface area contributed by atoms with Crippen LogP contribution in [0, 0.1) is 0 Å². The zero-order valence-corrected chi connectivity index (χ0v) is 15.8. The van der Waals surface area contributed by atoms with Gasteiger partial charge in [0, 0.05) is 18.2 Å². The van der Waals surface area contributed by atoms with Crippen LogP contribution < -0.4 is 10.1 Å². The van der Waals surface area contributed by atoms with Crippen molar-refractivity contribution >= 4 is 5.91 Å². The largest absolute Gasteiger partial charge is 0.435 e. The van der Waals surface area contributed by atoms with Crippen molar-refractivity contribution in [3.63, 3.8) is 0 Å². The third-order valence-electron chi connectivity index (χ3n) is 4.96. The zero-order chi connectivity index (χ0) is 20.4. The highest BCUT2D eigenvalue weighted by Crippen LogP contribution is 2.33. The van der Waals surface area contributed by atoms with E-state index in [-0.39, 0.29) is 17.7 Å². The maximum atomic E-state index is 12.7. The Kier molecular flexibility index (Phi) is 5.24. The first-order valence-corrected chi connectivity index (χ1v) is 9.34. The molecular weight excluding hydrogens is 378 g/mol. The third kappa shape index (κ3) is 4.26. The summed E-state index contributed by atoms with van der Waals surface area (Å²) in [5.74, 6) is 0.559. The standard InChI is InChI=1S/C21H20F2N4O2/c1-27-12-24-19(26-27)13-5-7-14(8-6-13)20(28)25-18-4-2-3-15-11-16(29-21(22)23)9-10-17(15)18/h5-12,18,21H,2-4H2,1H3,(H,25,28)/t18-/m1/s1. The molecule has 150 valence electrons. The molecule has 1 heterocycles. The number of nitrogens with one attached hydrogen (secondary N) is 1. The minimum Gasteiger partial charge on any atom is -0.435 e. The Labute approximate surface area is 166 Å². The van der Waals surface area contributed by atoms with Gasteiger partial charge in [-0.15, -0.1) is 0 Å². The fraction of sp³-hybridized carbons (Fsp3) is 0.286. The van der Waals surface area contributed by atoms with Crippen LogP contribution in [0.3, 0.4) is 0 Å². The second kappa shape index (κ2) is 7.98. The summed E-state index contributed by atoms with van der Waals surface area (Å²) in [6.45, 7) is -2.85. The molecule has 0 unspecified atom stereocenters. The topological polar surface area (TPSA) is 69.0 Å². The summed E-state index contributed by atoms with van der Waals surface area (Å²) in [4.78, 5) is 16.9. The number of ether oxygens (including phenoxy) is 1. The minimum atomic E-state index is -2.85. The summed E-state index contributed by atoms with van der Waals surface area (Å²) in [7, 11) is 1.79. The van der Waals surface area contributed by atoms with Gasteiger partial charge in [0.25, 0.3) is 5.91 Å². The summed E-state index contributed by atoms with van der Waals surface area (Å²) >= 11 is 0. The number of rotatable bonds is 5. The van der Waals surface area contributed by atoms with E-state index in [2.05, 4.69) is 20.1 Å². The highest BCUT2D eigenvalue weighted by atomic mass is 19.3. The van der Waals surface area contributed by atoms with Crippen molar-refractivity contribution in [1.82, 2.24) is 20.1 Å². The first-order valence-electron chi connectivity index (χ1n) is 9.34. The highest BCUT2D eigenvalue weighted by molar-refractivity contribution is 5.94. The van der Waals surface area contributed by atoms with Crippen molar-refractivity contribution in [3.05, 3.63) is 65.5 Å². The van der Waals surface area contributed by atoms with Crippen LogP contribution >= 0.6 is 0 Å². The van der Waals surface area contributed by atoms with Gasteiger partial charge < -0.3 is 10.1 Å². The molecule has 0 saturated heterocycles. The summed E-state index contributed by atoms with van der Waals surface area (Å²) < 4.78 is 31.0. The van der Waals surface area contributed by atoms with E-state index in [0.29, 0.717) is 11.4 Å². The fourth-order valence-electron chi connectivity index (χ4n) is 3.60. The van der Waals surface area contributed by atoms with Crippen molar-refractivity contribution in [3.8, 4) is 17.1 Å². The molecule has 6 nitrogen and oxygen atoms in total. The average molecular weight is 398 g/mol. The zero-order valence-electron chi connectivity index (χ0n) is 15.8. The molecule has 0 radical (unpaired) electrons. The number of hydrogen-bond donors (Lipinski definition) is 1. The highest BCUT2D eigenvalue weighted by Gasteiger charge is 2.23. The third-order valence-corrected chi connectivity index (χ3v) is 4.96. The number of amides is 1. The Morgan fingerprint density at radius 1 is 1.24 bits per heavy atom. The lowest BCUT2D eigenvalue weighted by Gasteiger charge is -2.27. The number of aromatic nitrogens is 3. The van der Waals surface area contributed by atoms with Crippen LogP contribution in [-0.2, 0) is 13.5 Å². The van der Waals surface area contributed by atoms with E-state index in [1.807, 2.05) is 12.1 Å². The molecule has 1 aromatic heterocycles. The molecule has 0 bridgehead atoms. The lowest BCUT2D eigenvalue weighted by molar-refractivity contribution is -0.0499. The molecule has 4 rings (SSSR count). The van der Waals surface area contributed by atoms with Crippen LogP contribution in [0.1, 0.15) is 40.4 Å². The van der Waals surface area contributed by atoms with Gasteiger partial charge in [-0.2, -0.15) is 13.9 Å². The van der Waals surface area contributed by atoms with Crippen molar-refractivity contribution in [2.24, 2.45) is 7.05 Å². The van der Waals surface area contributed by atoms with Crippen molar-refractivity contribution < 1.29 is 18.3 Å². The van der Waals surface area contributed by atoms with Gasteiger partial charge in [-0.05, 0) is 54.7 Å². The number of fused-ring (bicyclic) bond motifs is 1. The Hall–Kier alpha value is -3.29. The molecule has 1 aliphatic rings. The first kappa shape index (κ1) is 19.0. The molecule has 1 N–H and O–H groups in total. The summed E-state index contributed by atoms with van der Waals surface area (Å²) in [5.41, 5.74) is 3.24. The van der Waals surface area contributed by atoms with Crippen molar-refractivity contribution in [2.45, 2.75) is 31.9 Å². The molecule has 0 spiro atoms. The molecule has 0 saturated carbocycles. The normalized spacial score (nSPS) is 15.8. The van der Waals surface area contributed by atoms with E-state index in [4.69, 9.17) is 0 Å². The number of alkyl halides is 2. The van der Waals surface area contributed by atoms with Gasteiger partial charge in [-0.1, -0.05) is 18.2 Å². The number of aryl methyl sites for hydroxylation is 2. The van der Waals surface area contributed by atoms with E-state index < -0.39 is 6.61 Å². The smallest absolute Gasteiger partial charge is 0.387 e. The number of halogens is 2. The monoisotopic (exact) mass is 398 g/mol. The van der Waals surface area contributed by atoms with E-state index in [9.17, 15) is 13.6 Å². The molecule has 1 aliphatic carbocycles. The van der Waals surface area contributed by atoms with Gasteiger partial charge in [0.2, 0.25) is 0 Å². The summed E-state index contributed by atoms with van der Waals surface area (Å²) in [6, 6.07) is 11.9. The predicted molar refractivity (Wildman–Crippen MR) is 103 cm³/mol. The number of hydrogen-bond acceptors (Lipinski definition) is 4. The van der Waals surface area contributed by atoms with Crippen LogP contribution in [0.4, 0.5) is 8.78 Å². The fourth-order valence-corrected chi connectivity index (χ4v) is 3.60. The SMILES string of the molecule is Cn1cnc(-c2ccc(C(=O)N[C@@H]3CCCc4cc(OC(F)F)ccc43)cc2)n1.